The van der Waals surface area contributed by atoms with Crippen molar-refractivity contribution in [3.63, 3.8) is 0 Å². The van der Waals surface area contributed by atoms with Crippen LogP contribution in [0.2, 0.25) is 0 Å². The molecule has 36 heavy (non-hydrogen) atoms. The summed E-state index contributed by atoms with van der Waals surface area (Å²) >= 11 is 0. The first-order valence-corrected chi connectivity index (χ1v) is 12.5. The summed E-state index contributed by atoms with van der Waals surface area (Å²) in [6, 6.07) is 7.78. The average molecular weight is 502 g/mol. The Hall–Kier alpha value is -2.87. The van der Waals surface area contributed by atoms with Crippen LogP contribution in [0.25, 0.3) is 0 Å². The van der Waals surface area contributed by atoms with Crippen LogP contribution in [0, 0.1) is 23.4 Å². The fourth-order valence-corrected chi connectivity index (χ4v) is 5.58. The predicted molar refractivity (Wildman–Crippen MR) is 132 cm³/mol. The Morgan fingerprint density at radius 1 is 0.917 bits per heavy atom. The minimum absolute atomic E-state index is 0.0420. The maximum absolute atomic E-state index is 14.8. The molecule has 2 aliphatic rings. The summed E-state index contributed by atoms with van der Waals surface area (Å²) in [6.45, 7) is 8.13. The van der Waals surface area contributed by atoms with Gasteiger partial charge in [0.2, 0.25) is 5.91 Å². The Balaban J connectivity index is 1.53. The number of benzene rings is 2. The van der Waals surface area contributed by atoms with E-state index in [9.17, 15) is 22.8 Å². The molecule has 5 nitrogen and oxygen atoms in total. The first-order valence-electron chi connectivity index (χ1n) is 12.5. The number of piperidine rings is 1. The van der Waals surface area contributed by atoms with Crippen molar-refractivity contribution in [2.45, 2.75) is 51.0 Å². The van der Waals surface area contributed by atoms with Gasteiger partial charge >= 0.3 is 0 Å². The van der Waals surface area contributed by atoms with Crippen LogP contribution in [-0.2, 0) is 4.79 Å². The zero-order valence-corrected chi connectivity index (χ0v) is 21.3. The molecule has 2 heterocycles. The highest BCUT2D eigenvalue weighted by atomic mass is 19.1. The van der Waals surface area contributed by atoms with Crippen molar-refractivity contribution in [1.29, 1.82) is 0 Å². The van der Waals surface area contributed by atoms with Gasteiger partial charge in [-0.25, -0.2) is 13.2 Å². The molecule has 0 radical (unpaired) electrons. The van der Waals surface area contributed by atoms with Crippen molar-refractivity contribution in [2.75, 3.05) is 33.2 Å². The summed E-state index contributed by atoms with van der Waals surface area (Å²) in [5, 5.41) is 2.60. The molecule has 0 aromatic heterocycles. The fourth-order valence-electron chi connectivity index (χ4n) is 5.58. The molecular formula is C28H34F3N3O2. The molecule has 2 saturated heterocycles. The first kappa shape index (κ1) is 26.2. The average Bonchev–Trinajstić information content (AvgIpc) is 3.29. The smallest absolute Gasteiger partial charge is 0.251 e. The Kier molecular flexibility index (Phi) is 7.46. The van der Waals surface area contributed by atoms with E-state index >= 15 is 0 Å². The standard InChI is InChI=1S/C28H34F3N3O2/c1-28(2,3)34-15-23(20-7-5-19(30)14-25(20)31)24(16-34)27(36)33-11-9-17(10-12-33)22-13-18(29)6-8-21(22)26(35)32-4/h5-8,13-14,17,23-24H,9-12,15-16H2,1-4H3,(H,32,35)/t23-,24+/m0/s1. The van der Waals surface area contributed by atoms with Gasteiger partial charge < -0.3 is 10.2 Å². The molecule has 2 atom stereocenters. The number of rotatable bonds is 4. The van der Waals surface area contributed by atoms with E-state index in [1.807, 2.05) is 0 Å². The minimum atomic E-state index is -0.639. The van der Waals surface area contributed by atoms with Gasteiger partial charge in [0, 0.05) is 56.3 Å². The lowest BCUT2D eigenvalue weighted by atomic mass is 9.84. The van der Waals surface area contributed by atoms with Gasteiger partial charge in [-0.1, -0.05) is 6.07 Å². The molecule has 2 amide bonds. The van der Waals surface area contributed by atoms with Crippen molar-refractivity contribution < 1.29 is 22.8 Å². The Morgan fingerprint density at radius 2 is 1.56 bits per heavy atom. The van der Waals surface area contributed by atoms with Gasteiger partial charge in [-0.15, -0.1) is 0 Å². The van der Waals surface area contributed by atoms with Crippen LogP contribution in [0.5, 0.6) is 0 Å². The van der Waals surface area contributed by atoms with Crippen molar-refractivity contribution >= 4 is 11.8 Å². The second-order valence-corrected chi connectivity index (χ2v) is 10.9. The second-order valence-electron chi connectivity index (χ2n) is 10.9. The summed E-state index contributed by atoms with van der Waals surface area (Å²) in [6.07, 6.45) is 1.20. The molecule has 8 heteroatoms. The molecular weight excluding hydrogens is 467 g/mol. The number of amides is 2. The van der Waals surface area contributed by atoms with Gasteiger partial charge in [0.1, 0.15) is 17.5 Å². The van der Waals surface area contributed by atoms with Gasteiger partial charge in [0.05, 0.1) is 5.92 Å². The van der Waals surface area contributed by atoms with Gasteiger partial charge in [0.15, 0.2) is 0 Å². The summed E-state index contributed by atoms with van der Waals surface area (Å²) in [7, 11) is 1.54. The maximum atomic E-state index is 14.8. The molecule has 2 aromatic carbocycles. The van der Waals surface area contributed by atoms with E-state index in [2.05, 4.69) is 31.0 Å². The zero-order valence-electron chi connectivity index (χ0n) is 21.3. The molecule has 0 unspecified atom stereocenters. The SMILES string of the molecule is CNC(=O)c1ccc(F)cc1C1CCN(C(=O)[C@@H]2CN(C(C)(C)C)C[C@H]2c2ccc(F)cc2F)CC1. The molecule has 2 fully saturated rings. The Bertz CT molecular complexity index is 1140. The maximum Gasteiger partial charge on any atom is 0.251 e. The molecule has 0 bridgehead atoms. The number of hydrogen-bond acceptors (Lipinski definition) is 3. The van der Waals surface area contributed by atoms with E-state index in [-0.39, 0.29) is 29.2 Å². The monoisotopic (exact) mass is 501 g/mol. The molecule has 2 aliphatic heterocycles. The van der Waals surface area contributed by atoms with E-state index < -0.39 is 23.4 Å². The van der Waals surface area contributed by atoms with Crippen LogP contribution in [0.3, 0.4) is 0 Å². The van der Waals surface area contributed by atoms with Gasteiger partial charge in [-0.05, 0) is 74.9 Å². The molecule has 0 spiro atoms. The van der Waals surface area contributed by atoms with E-state index in [0.29, 0.717) is 55.7 Å². The van der Waals surface area contributed by atoms with E-state index in [0.717, 1.165) is 6.07 Å². The number of carbonyl (C=O) groups is 2. The number of carbonyl (C=O) groups excluding carboxylic acids is 2. The quantitative estimate of drug-likeness (QED) is 0.662. The van der Waals surface area contributed by atoms with Crippen molar-refractivity contribution in [3.8, 4) is 0 Å². The molecule has 2 aromatic rings. The van der Waals surface area contributed by atoms with Crippen molar-refractivity contribution in [2.24, 2.45) is 5.92 Å². The summed E-state index contributed by atoms with van der Waals surface area (Å²) in [5.74, 6) is -2.83. The third-order valence-corrected chi connectivity index (χ3v) is 7.68. The van der Waals surface area contributed by atoms with Gasteiger partial charge in [-0.3, -0.25) is 14.5 Å². The predicted octanol–water partition coefficient (Wildman–Crippen LogP) is 4.68. The van der Waals surface area contributed by atoms with Gasteiger partial charge in [-0.2, -0.15) is 0 Å². The minimum Gasteiger partial charge on any atom is -0.355 e. The fraction of sp³-hybridized carbons (Fsp3) is 0.500. The van der Waals surface area contributed by atoms with Crippen LogP contribution < -0.4 is 5.32 Å². The topological polar surface area (TPSA) is 52.7 Å². The lowest BCUT2D eigenvalue weighted by molar-refractivity contribution is -0.136. The van der Waals surface area contributed by atoms with Crippen molar-refractivity contribution in [1.82, 2.24) is 15.1 Å². The molecule has 194 valence electrons. The van der Waals surface area contributed by atoms with Crippen LogP contribution >= 0.6 is 0 Å². The van der Waals surface area contributed by atoms with Crippen LogP contribution in [-0.4, -0.2) is 60.4 Å². The molecule has 0 aliphatic carbocycles. The summed E-state index contributed by atoms with van der Waals surface area (Å²) in [5.41, 5.74) is 1.27. The Morgan fingerprint density at radius 3 is 2.17 bits per heavy atom. The highest BCUT2D eigenvalue weighted by Gasteiger charge is 2.44. The third kappa shape index (κ3) is 5.28. The largest absolute Gasteiger partial charge is 0.355 e. The first-order chi connectivity index (χ1) is 17.0. The lowest BCUT2D eigenvalue weighted by Crippen LogP contribution is -2.44. The number of nitrogens with zero attached hydrogens (tertiary/aromatic N) is 2. The number of halogens is 3. The molecule has 1 N–H and O–H groups in total. The third-order valence-electron chi connectivity index (χ3n) is 7.68. The lowest BCUT2D eigenvalue weighted by Gasteiger charge is -2.35. The van der Waals surface area contributed by atoms with E-state index in [1.54, 1.807) is 11.9 Å². The van der Waals surface area contributed by atoms with Crippen molar-refractivity contribution in [3.05, 3.63) is 70.5 Å². The number of hydrogen-bond donors (Lipinski definition) is 1. The molecule has 0 saturated carbocycles. The van der Waals surface area contributed by atoms with Crippen LogP contribution in [0.15, 0.2) is 36.4 Å². The summed E-state index contributed by atoms with van der Waals surface area (Å²) < 4.78 is 42.4. The summed E-state index contributed by atoms with van der Waals surface area (Å²) in [4.78, 5) is 30.0. The number of likely N-dealkylation sites (tertiary alicyclic amines) is 2. The van der Waals surface area contributed by atoms with E-state index in [1.165, 1.54) is 30.3 Å². The second kappa shape index (κ2) is 10.2. The normalized spacial score (nSPS) is 21.6. The molecule has 4 rings (SSSR count). The number of nitrogens with one attached hydrogen (secondary N) is 1. The van der Waals surface area contributed by atoms with E-state index in [4.69, 9.17) is 0 Å². The highest BCUT2D eigenvalue weighted by molar-refractivity contribution is 5.95. The highest BCUT2D eigenvalue weighted by Crippen LogP contribution is 2.40. The van der Waals surface area contributed by atoms with Crippen LogP contribution in [0.1, 0.15) is 66.9 Å². The zero-order chi connectivity index (χ0) is 26.2. The Labute approximate surface area is 210 Å². The van der Waals surface area contributed by atoms with Crippen LogP contribution in [0.4, 0.5) is 13.2 Å². The van der Waals surface area contributed by atoms with Gasteiger partial charge in [0.25, 0.3) is 5.91 Å².